The number of halogens is 3. The second-order valence-electron chi connectivity index (χ2n) is 1.26. The van der Waals surface area contributed by atoms with Crippen LogP contribution >= 0.6 is 11.6 Å². The standard InChI is InChI=1S/C4H7ClF2/c1-2-3(5)4(6)7/h3-4H,2H2,1H3. The van der Waals surface area contributed by atoms with E-state index in [2.05, 4.69) is 0 Å². The Morgan fingerprint density at radius 1 is 1.57 bits per heavy atom. The molecule has 0 amide bonds. The predicted octanol–water partition coefficient (Wildman–Crippen LogP) is 2.27. The van der Waals surface area contributed by atoms with Crippen LogP contribution in [0.5, 0.6) is 0 Å². The van der Waals surface area contributed by atoms with Gasteiger partial charge in [0.05, 0.1) is 5.38 Å². The monoisotopic (exact) mass is 128 g/mol. The maximum atomic E-state index is 11.3. The van der Waals surface area contributed by atoms with Crippen molar-refractivity contribution in [2.75, 3.05) is 0 Å². The average Bonchev–Trinajstić information content (AvgIpc) is 1.65. The number of alkyl halides is 3. The molecule has 0 aliphatic heterocycles. The van der Waals surface area contributed by atoms with Crippen molar-refractivity contribution < 1.29 is 8.78 Å². The molecule has 0 N–H and O–H groups in total. The Hall–Kier alpha value is 0.150. The minimum absolute atomic E-state index is 0.333. The second kappa shape index (κ2) is 3.19. The molecule has 0 bridgehead atoms. The van der Waals surface area contributed by atoms with Crippen LogP contribution in [-0.4, -0.2) is 11.8 Å². The number of rotatable bonds is 2. The van der Waals surface area contributed by atoms with Gasteiger partial charge in [0, 0.05) is 0 Å². The summed E-state index contributed by atoms with van der Waals surface area (Å²) in [6.45, 7) is 1.63. The van der Waals surface area contributed by atoms with Crippen molar-refractivity contribution in [2.45, 2.75) is 25.1 Å². The molecule has 0 aromatic heterocycles. The quantitative estimate of drug-likeness (QED) is 0.501. The minimum Gasteiger partial charge on any atom is -0.209 e. The lowest BCUT2D eigenvalue weighted by Crippen LogP contribution is -2.07. The van der Waals surface area contributed by atoms with Crippen molar-refractivity contribution in [1.29, 1.82) is 0 Å². The van der Waals surface area contributed by atoms with Gasteiger partial charge in [-0.05, 0) is 6.42 Å². The maximum Gasteiger partial charge on any atom is 0.254 e. The Morgan fingerprint density at radius 3 is 2.00 bits per heavy atom. The Kier molecular flexibility index (Phi) is 3.26. The van der Waals surface area contributed by atoms with Crippen LogP contribution in [0, 0.1) is 0 Å². The molecule has 1 unspecified atom stereocenters. The molecule has 0 aromatic carbocycles. The summed E-state index contributed by atoms with van der Waals surface area (Å²) >= 11 is 5.05. The van der Waals surface area contributed by atoms with Gasteiger partial charge in [-0.3, -0.25) is 0 Å². The molecule has 0 aromatic rings. The van der Waals surface area contributed by atoms with Crippen molar-refractivity contribution in [3.63, 3.8) is 0 Å². The molecule has 7 heavy (non-hydrogen) atoms. The summed E-state index contributed by atoms with van der Waals surface area (Å²) in [5, 5.41) is -0.958. The van der Waals surface area contributed by atoms with Crippen molar-refractivity contribution in [1.82, 2.24) is 0 Å². The van der Waals surface area contributed by atoms with Crippen molar-refractivity contribution >= 4 is 11.6 Å². The van der Waals surface area contributed by atoms with Crippen LogP contribution in [0.25, 0.3) is 0 Å². The molecule has 44 valence electrons. The van der Waals surface area contributed by atoms with E-state index in [4.69, 9.17) is 11.6 Å². The fraction of sp³-hybridized carbons (Fsp3) is 1.00. The summed E-state index contributed by atoms with van der Waals surface area (Å²) in [7, 11) is 0. The van der Waals surface area contributed by atoms with Crippen molar-refractivity contribution in [3.05, 3.63) is 0 Å². The van der Waals surface area contributed by atoms with E-state index >= 15 is 0 Å². The number of hydrogen-bond donors (Lipinski definition) is 0. The van der Waals surface area contributed by atoms with Gasteiger partial charge in [0.1, 0.15) is 0 Å². The summed E-state index contributed by atoms with van der Waals surface area (Å²) in [4.78, 5) is 0. The fourth-order valence-corrected chi connectivity index (χ4v) is 0.178. The van der Waals surface area contributed by atoms with E-state index < -0.39 is 11.8 Å². The highest BCUT2D eigenvalue weighted by molar-refractivity contribution is 6.20. The first-order valence-electron chi connectivity index (χ1n) is 2.10. The second-order valence-corrected chi connectivity index (χ2v) is 1.82. The van der Waals surface area contributed by atoms with Crippen LogP contribution in [0.2, 0.25) is 0 Å². The molecule has 0 rings (SSSR count). The molecule has 0 aliphatic rings. The lowest BCUT2D eigenvalue weighted by atomic mass is 10.3. The first-order valence-corrected chi connectivity index (χ1v) is 2.54. The molecule has 0 heterocycles. The van der Waals surface area contributed by atoms with Gasteiger partial charge in [0.25, 0.3) is 6.43 Å². The van der Waals surface area contributed by atoms with E-state index in [1.54, 1.807) is 6.92 Å². The van der Waals surface area contributed by atoms with Gasteiger partial charge in [0.15, 0.2) is 0 Å². The third kappa shape index (κ3) is 2.80. The summed E-state index contributed by atoms with van der Waals surface area (Å²) in [6.07, 6.45) is -2.04. The van der Waals surface area contributed by atoms with E-state index in [1.807, 2.05) is 0 Å². The predicted molar refractivity (Wildman–Crippen MR) is 25.9 cm³/mol. The number of hydrogen-bond acceptors (Lipinski definition) is 0. The van der Waals surface area contributed by atoms with E-state index in [1.165, 1.54) is 0 Å². The molecule has 1 atom stereocenters. The Morgan fingerprint density at radius 2 is 2.00 bits per heavy atom. The topological polar surface area (TPSA) is 0 Å². The maximum absolute atomic E-state index is 11.3. The van der Waals surface area contributed by atoms with Crippen LogP contribution < -0.4 is 0 Å². The van der Waals surface area contributed by atoms with Gasteiger partial charge < -0.3 is 0 Å². The molecule has 0 saturated heterocycles. The zero-order chi connectivity index (χ0) is 5.86. The highest BCUT2D eigenvalue weighted by Gasteiger charge is 2.12. The summed E-state index contributed by atoms with van der Waals surface area (Å²) in [6, 6.07) is 0. The van der Waals surface area contributed by atoms with Crippen LogP contribution in [0.1, 0.15) is 13.3 Å². The first-order chi connectivity index (χ1) is 3.18. The molecule has 0 spiro atoms. The van der Waals surface area contributed by atoms with E-state index in [9.17, 15) is 8.78 Å². The highest BCUT2D eigenvalue weighted by atomic mass is 35.5. The van der Waals surface area contributed by atoms with Crippen LogP contribution in [0.4, 0.5) is 8.78 Å². The minimum atomic E-state index is -2.37. The summed E-state index contributed by atoms with van der Waals surface area (Å²) < 4.78 is 22.6. The Labute approximate surface area is 46.5 Å². The Bertz CT molecular complexity index is 47.0. The lowest BCUT2D eigenvalue weighted by molar-refractivity contribution is 0.141. The van der Waals surface area contributed by atoms with Crippen LogP contribution in [0.15, 0.2) is 0 Å². The summed E-state index contributed by atoms with van der Waals surface area (Å²) in [5.41, 5.74) is 0. The van der Waals surface area contributed by atoms with Crippen LogP contribution in [0.3, 0.4) is 0 Å². The first kappa shape index (κ1) is 7.15. The lowest BCUT2D eigenvalue weighted by Gasteiger charge is -2.00. The SMILES string of the molecule is CCC(Cl)C(F)F. The van der Waals surface area contributed by atoms with Gasteiger partial charge in [-0.1, -0.05) is 6.92 Å². The largest absolute Gasteiger partial charge is 0.254 e. The van der Waals surface area contributed by atoms with Gasteiger partial charge in [-0.15, -0.1) is 11.6 Å². The normalized spacial score (nSPS) is 15.0. The van der Waals surface area contributed by atoms with E-state index in [0.29, 0.717) is 6.42 Å². The Balaban J connectivity index is 3.14. The highest BCUT2D eigenvalue weighted by Crippen LogP contribution is 2.10. The van der Waals surface area contributed by atoms with Gasteiger partial charge in [-0.2, -0.15) is 0 Å². The van der Waals surface area contributed by atoms with E-state index in [-0.39, 0.29) is 0 Å². The molecule has 0 nitrogen and oxygen atoms in total. The van der Waals surface area contributed by atoms with Crippen LogP contribution in [-0.2, 0) is 0 Å². The molecule has 0 saturated carbocycles. The molecule has 0 fully saturated rings. The summed E-state index contributed by atoms with van der Waals surface area (Å²) in [5.74, 6) is 0. The van der Waals surface area contributed by atoms with E-state index in [0.717, 1.165) is 0 Å². The smallest absolute Gasteiger partial charge is 0.209 e. The van der Waals surface area contributed by atoms with Gasteiger partial charge >= 0.3 is 0 Å². The molecule has 3 heteroatoms. The van der Waals surface area contributed by atoms with Crippen molar-refractivity contribution in [2.24, 2.45) is 0 Å². The third-order valence-corrected chi connectivity index (χ3v) is 1.16. The van der Waals surface area contributed by atoms with Crippen molar-refractivity contribution in [3.8, 4) is 0 Å². The average molecular weight is 129 g/mol. The van der Waals surface area contributed by atoms with Gasteiger partial charge in [0.2, 0.25) is 0 Å². The molecular weight excluding hydrogens is 121 g/mol. The molecular formula is C4H7ClF2. The molecule has 0 radical (unpaired) electrons. The molecule has 0 aliphatic carbocycles. The fourth-order valence-electron chi connectivity index (χ4n) is 0.178. The van der Waals surface area contributed by atoms with Gasteiger partial charge in [-0.25, -0.2) is 8.78 Å². The zero-order valence-corrected chi connectivity index (χ0v) is 4.75. The third-order valence-electron chi connectivity index (χ3n) is 0.663. The zero-order valence-electron chi connectivity index (χ0n) is 4.00.